The van der Waals surface area contributed by atoms with E-state index in [9.17, 15) is 14.0 Å². The number of hydrogen-bond acceptors (Lipinski definition) is 5. The lowest BCUT2D eigenvalue weighted by Crippen LogP contribution is -2.48. The summed E-state index contributed by atoms with van der Waals surface area (Å²) in [6, 6.07) is 11.5. The van der Waals surface area contributed by atoms with E-state index in [1.54, 1.807) is 25.1 Å². The Labute approximate surface area is 179 Å². The molecule has 0 bridgehead atoms. The van der Waals surface area contributed by atoms with Crippen LogP contribution in [-0.2, 0) is 11.3 Å². The maximum absolute atomic E-state index is 13.0. The van der Waals surface area contributed by atoms with Crippen molar-refractivity contribution in [1.29, 1.82) is 0 Å². The Balaban J connectivity index is 1.53. The van der Waals surface area contributed by atoms with Gasteiger partial charge in [0.1, 0.15) is 5.82 Å². The first-order valence-corrected chi connectivity index (χ1v) is 10.2. The van der Waals surface area contributed by atoms with E-state index < -0.39 is 0 Å². The molecule has 0 spiro atoms. The van der Waals surface area contributed by atoms with Crippen LogP contribution in [0.3, 0.4) is 0 Å². The second-order valence-corrected chi connectivity index (χ2v) is 7.67. The maximum Gasteiger partial charge on any atom is 0.251 e. The number of halogens is 1. The number of hydrogen-bond donors (Lipinski definition) is 1. The van der Waals surface area contributed by atoms with Crippen molar-refractivity contribution in [1.82, 2.24) is 20.4 Å². The van der Waals surface area contributed by atoms with Gasteiger partial charge in [0, 0.05) is 56.0 Å². The van der Waals surface area contributed by atoms with E-state index in [4.69, 9.17) is 0 Å². The lowest BCUT2D eigenvalue weighted by molar-refractivity contribution is -0.129. The van der Waals surface area contributed by atoms with Gasteiger partial charge in [0.15, 0.2) is 5.82 Å². The van der Waals surface area contributed by atoms with E-state index in [0.29, 0.717) is 38.3 Å². The van der Waals surface area contributed by atoms with Gasteiger partial charge in [0.2, 0.25) is 5.91 Å². The van der Waals surface area contributed by atoms with Crippen molar-refractivity contribution in [2.45, 2.75) is 20.4 Å². The fourth-order valence-corrected chi connectivity index (χ4v) is 3.76. The molecule has 2 heterocycles. The van der Waals surface area contributed by atoms with Crippen LogP contribution in [0.4, 0.5) is 10.2 Å². The largest absolute Gasteiger partial charge is 0.351 e. The molecule has 1 aliphatic rings. The fraction of sp³-hybridized carbons (Fsp3) is 0.304. The van der Waals surface area contributed by atoms with Gasteiger partial charge in [-0.25, -0.2) is 4.39 Å². The predicted molar refractivity (Wildman–Crippen MR) is 116 cm³/mol. The van der Waals surface area contributed by atoms with Crippen LogP contribution in [0.1, 0.15) is 28.5 Å². The third-order valence-electron chi connectivity index (χ3n) is 5.60. The summed E-state index contributed by atoms with van der Waals surface area (Å²) in [5.74, 6) is 0.330. The fourth-order valence-electron chi connectivity index (χ4n) is 3.76. The van der Waals surface area contributed by atoms with Crippen LogP contribution in [0.25, 0.3) is 10.8 Å². The molecule has 1 aromatic heterocycles. The summed E-state index contributed by atoms with van der Waals surface area (Å²) < 4.78 is 13.0. The Bertz CT molecular complexity index is 1120. The Morgan fingerprint density at radius 1 is 1.00 bits per heavy atom. The molecule has 1 aliphatic heterocycles. The highest BCUT2D eigenvalue weighted by Gasteiger charge is 2.22. The summed E-state index contributed by atoms with van der Waals surface area (Å²) in [6.45, 7) is 6.44. The molecule has 7 nitrogen and oxygen atoms in total. The molecule has 8 heteroatoms. The van der Waals surface area contributed by atoms with Crippen molar-refractivity contribution in [2.75, 3.05) is 31.1 Å². The van der Waals surface area contributed by atoms with Crippen molar-refractivity contribution in [3.05, 3.63) is 65.1 Å². The van der Waals surface area contributed by atoms with Crippen LogP contribution >= 0.6 is 0 Å². The van der Waals surface area contributed by atoms with Crippen molar-refractivity contribution in [3.63, 3.8) is 0 Å². The number of nitrogens with zero attached hydrogens (tertiary/aromatic N) is 4. The SMILES string of the molecule is CC(=O)N1CCN(c2nnc(C)c3cc(C(=O)NCc4ccc(F)cc4)ccc23)CC1. The van der Waals surface area contributed by atoms with E-state index in [1.165, 1.54) is 12.1 Å². The second-order valence-electron chi connectivity index (χ2n) is 7.67. The number of nitrogens with one attached hydrogen (secondary N) is 1. The minimum absolute atomic E-state index is 0.0794. The highest BCUT2D eigenvalue weighted by atomic mass is 19.1. The number of aromatic nitrogens is 2. The van der Waals surface area contributed by atoms with Gasteiger partial charge >= 0.3 is 0 Å². The molecule has 1 N–H and O–H groups in total. The van der Waals surface area contributed by atoms with Crippen LogP contribution < -0.4 is 10.2 Å². The van der Waals surface area contributed by atoms with Gasteiger partial charge in [-0.2, -0.15) is 5.10 Å². The van der Waals surface area contributed by atoms with Crippen LogP contribution in [0.15, 0.2) is 42.5 Å². The molecular weight excluding hydrogens is 397 g/mol. The van der Waals surface area contributed by atoms with Crippen LogP contribution in [0.2, 0.25) is 0 Å². The zero-order valence-electron chi connectivity index (χ0n) is 17.6. The molecule has 0 atom stereocenters. The summed E-state index contributed by atoms with van der Waals surface area (Å²) in [5, 5.41) is 13.4. The summed E-state index contributed by atoms with van der Waals surface area (Å²) in [6.07, 6.45) is 0. The zero-order chi connectivity index (χ0) is 22.0. The van der Waals surface area contributed by atoms with Crippen molar-refractivity contribution >= 4 is 28.4 Å². The van der Waals surface area contributed by atoms with Gasteiger partial charge < -0.3 is 15.1 Å². The third kappa shape index (κ3) is 4.47. The number of aryl methyl sites for hydroxylation is 1. The molecule has 31 heavy (non-hydrogen) atoms. The minimum atomic E-state index is -0.306. The molecule has 2 aromatic carbocycles. The maximum atomic E-state index is 13.0. The first-order valence-electron chi connectivity index (χ1n) is 10.2. The number of carbonyl (C=O) groups excluding carboxylic acids is 2. The molecular formula is C23H24FN5O2. The highest BCUT2D eigenvalue weighted by molar-refractivity contribution is 6.01. The number of carbonyl (C=O) groups is 2. The van der Waals surface area contributed by atoms with E-state index >= 15 is 0 Å². The second kappa shape index (κ2) is 8.67. The van der Waals surface area contributed by atoms with E-state index in [2.05, 4.69) is 20.4 Å². The number of amides is 2. The molecule has 0 unspecified atom stereocenters. The molecule has 160 valence electrons. The van der Waals surface area contributed by atoms with E-state index in [0.717, 1.165) is 27.8 Å². The van der Waals surface area contributed by atoms with Crippen LogP contribution in [0.5, 0.6) is 0 Å². The number of fused-ring (bicyclic) bond motifs is 1. The van der Waals surface area contributed by atoms with E-state index in [-0.39, 0.29) is 17.6 Å². The monoisotopic (exact) mass is 421 g/mol. The average molecular weight is 421 g/mol. The standard InChI is InChI=1S/C23H24FN5O2/c1-15-21-13-18(23(31)25-14-17-3-6-19(24)7-4-17)5-8-20(21)22(27-26-15)29-11-9-28(10-12-29)16(2)30/h3-8,13H,9-12,14H2,1-2H3,(H,25,31). The van der Waals surface area contributed by atoms with Crippen molar-refractivity contribution in [3.8, 4) is 0 Å². The zero-order valence-corrected chi connectivity index (χ0v) is 17.6. The smallest absolute Gasteiger partial charge is 0.251 e. The molecule has 2 amide bonds. The Morgan fingerprint density at radius 2 is 1.71 bits per heavy atom. The van der Waals surface area contributed by atoms with Crippen molar-refractivity contribution in [2.24, 2.45) is 0 Å². The highest BCUT2D eigenvalue weighted by Crippen LogP contribution is 2.27. The lowest BCUT2D eigenvalue weighted by Gasteiger charge is -2.35. The molecule has 0 saturated carbocycles. The summed E-state index contributed by atoms with van der Waals surface area (Å²) >= 11 is 0. The average Bonchev–Trinajstić information content (AvgIpc) is 2.79. The molecule has 4 rings (SSSR count). The van der Waals surface area contributed by atoms with E-state index in [1.807, 2.05) is 24.0 Å². The first kappa shape index (κ1) is 20.7. The summed E-state index contributed by atoms with van der Waals surface area (Å²) in [7, 11) is 0. The number of piperazine rings is 1. The van der Waals surface area contributed by atoms with Gasteiger partial charge in [0.25, 0.3) is 5.91 Å². The first-order chi connectivity index (χ1) is 14.9. The topological polar surface area (TPSA) is 78.4 Å². The number of rotatable bonds is 4. The molecule has 0 aliphatic carbocycles. The van der Waals surface area contributed by atoms with Gasteiger partial charge in [-0.3, -0.25) is 9.59 Å². The number of anilines is 1. The van der Waals surface area contributed by atoms with Crippen LogP contribution in [0, 0.1) is 12.7 Å². The summed E-state index contributed by atoms with van der Waals surface area (Å²) in [4.78, 5) is 28.2. The Kier molecular flexibility index (Phi) is 5.79. The van der Waals surface area contributed by atoms with Crippen molar-refractivity contribution < 1.29 is 14.0 Å². The summed E-state index contributed by atoms with van der Waals surface area (Å²) in [5.41, 5.74) is 2.09. The Morgan fingerprint density at radius 3 is 2.39 bits per heavy atom. The number of benzene rings is 2. The molecule has 1 saturated heterocycles. The normalized spacial score (nSPS) is 14.0. The third-order valence-corrected chi connectivity index (χ3v) is 5.60. The lowest BCUT2D eigenvalue weighted by atomic mass is 10.1. The van der Waals surface area contributed by atoms with Gasteiger partial charge in [-0.15, -0.1) is 5.10 Å². The molecule has 0 radical (unpaired) electrons. The van der Waals surface area contributed by atoms with Crippen LogP contribution in [-0.4, -0.2) is 53.1 Å². The molecule has 1 fully saturated rings. The Hall–Kier alpha value is -3.55. The van der Waals surface area contributed by atoms with Gasteiger partial charge in [-0.1, -0.05) is 12.1 Å². The molecule has 3 aromatic rings. The van der Waals surface area contributed by atoms with Gasteiger partial charge in [0.05, 0.1) is 5.69 Å². The van der Waals surface area contributed by atoms with Gasteiger partial charge in [-0.05, 0) is 42.8 Å². The predicted octanol–water partition coefficient (Wildman–Crippen LogP) is 2.68. The quantitative estimate of drug-likeness (QED) is 0.701. The minimum Gasteiger partial charge on any atom is -0.351 e.